The Balaban J connectivity index is 1.53. The Hall–Kier alpha value is -4.14. The number of aromatic amines is 1. The minimum Gasteiger partial charge on any atom is -0.346 e. The summed E-state index contributed by atoms with van der Waals surface area (Å²) in [6.45, 7) is 2.49. The molecule has 4 aromatic rings. The van der Waals surface area contributed by atoms with Crippen LogP contribution in [0.3, 0.4) is 0 Å². The van der Waals surface area contributed by atoms with Crippen LogP contribution in [0.5, 0.6) is 0 Å². The number of nitrogens with zero attached hydrogens (tertiary/aromatic N) is 4. The molecule has 0 saturated carbocycles. The molecule has 32 heavy (non-hydrogen) atoms. The van der Waals surface area contributed by atoms with Crippen LogP contribution in [0.1, 0.15) is 34.5 Å². The monoisotopic (exact) mass is 427 g/mol. The van der Waals surface area contributed by atoms with E-state index in [2.05, 4.69) is 25.6 Å². The van der Waals surface area contributed by atoms with E-state index in [1.54, 1.807) is 16.9 Å². The SMILES string of the molecule is Cc1cc(Nc2ncnc3[nH]ccc23)c(=O)n2c1C(=O)NC1(c3ccccc3)CCCN21. The number of H-pyrrole nitrogens is 1. The molecule has 6 rings (SSSR count). The summed E-state index contributed by atoms with van der Waals surface area (Å²) < 4.78 is 1.55. The Morgan fingerprint density at radius 2 is 1.97 bits per heavy atom. The number of pyridine rings is 1. The van der Waals surface area contributed by atoms with Crippen molar-refractivity contribution in [3.63, 3.8) is 0 Å². The van der Waals surface area contributed by atoms with Gasteiger partial charge in [-0.2, -0.15) is 0 Å². The lowest BCUT2D eigenvalue weighted by atomic mass is 9.95. The van der Waals surface area contributed by atoms with Gasteiger partial charge in [-0.25, -0.2) is 14.6 Å². The van der Waals surface area contributed by atoms with Crippen LogP contribution in [0.4, 0.5) is 11.5 Å². The molecule has 0 radical (unpaired) electrons. The summed E-state index contributed by atoms with van der Waals surface area (Å²) in [5.41, 5.74) is 2.04. The van der Waals surface area contributed by atoms with Gasteiger partial charge in [-0.1, -0.05) is 30.3 Å². The average Bonchev–Trinajstić information content (AvgIpc) is 3.45. The lowest BCUT2D eigenvalue weighted by Gasteiger charge is -2.46. The minimum atomic E-state index is -0.747. The van der Waals surface area contributed by atoms with Gasteiger partial charge in [0.25, 0.3) is 11.5 Å². The second-order valence-electron chi connectivity index (χ2n) is 8.20. The number of fused-ring (bicyclic) bond motifs is 4. The number of aromatic nitrogens is 4. The molecule has 5 heterocycles. The van der Waals surface area contributed by atoms with Crippen molar-refractivity contribution in [1.82, 2.24) is 24.9 Å². The Kier molecular flexibility index (Phi) is 3.89. The summed E-state index contributed by atoms with van der Waals surface area (Å²) in [5.74, 6) is 0.285. The van der Waals surface area contributed by atoms with Gasteiger partial charge < -0.3 is 15.6 Å². The number of aryl methyl sites for hydroxylation is 1. The lowest BCUT2D eigenvalue weighted by Crippen LogP contribution is -2.66. The maximum absolute atomic E-state index is 13.7. The average molecular weight is 427 g/mol. The third-order valence-corrected chi connectivity index (χ3v) is 6.35. The highest BCUT2D eigenvalue weighted by Crippen LogP contribution is 2.38. The molecule has 2 aliphatic heterocycles. The van der Waals surface area contributed by atoms with Crippen molar-refractivity contribution in [3.05, 3.63) is 82.2 Å². The number of benzene rings is 1. The van der Waals surface area contributed by atoms with Gasteiger partial charge in [-0.3, -0.25) is 14.6 Å². The maximum atomic E-state index is 13.7. The van der Waals surface area contributed by atoms with Crippen LogP contribution in [0.2, 0.25) is 0 Å². The number of hydrogen-bond acceptors (Lipinski definition) is 6. The summed E-state index contributed by atoms with van der Waals surface area (Å²) in [6.07, 6.45) is 4.80. The van der Waals surface area contributed by atoms with E-state index >= 15 is 0 Å². The lowest BCUT2D eigenvalue weighted by molar-refractivity contribution is 0.0833. The minimum absolute atomic E-state index is 0.247. The third kappa shape index (κ3) is 2.51. The molecule has 2 aliphatic rings. The van der Waals surface area contributed by atoms with Crippen LogP contribution < -0.4 is 21.2 Å². The van der Waals surface area contributed by atoms with E-state index in [0.717, 1.165) is 23.8 Å². The molecule has 160 valence electrons. The molecular weight excluding hydrogens is 406 g/mol. The van der Waals surface area contributed by atoms with Crippen molar-refractivity contribution < 1.29 is 4.79 Å². The van der Waals surface area contributed by atoms with E-state index in [4.69, 9.17) is 0 Å². The van der Waals surface area contributed by atoms with Crippen molar-refractivity contribution in [2.45, 2.75) is 25.4 Å². The van der Waals surface area contributed by atoms with Gasteiger partial charge >= 0.3 is 0 Å². The summed E-state index contributed by atoms with van der Waals surface area (Å²) >= 11 is 0. The fourth-order valence-electron chi connectivity index (χ4n) is 4.95. The molecule has 1 aromatic carbocycles. The number of nitrogens with one attached hydrogen (secondary N) is 3. The second-order valence-corrected chi connectivity index (χ2v) is 8.20. The Labute approximate surface area is 183 Å². The zero-order chi connectivity index (χ0) is 21.9. The van der Waals surface area contributed by atoms with E-state index in [1.165, 1.54) is 6.33 Å². The first-order valence-corrected chi connectivity index (χ1v) is 10.6. The van der Waals surface area contributed by atoms with E-state index in [0.29, 0.717) is 35.0 Å². The molecule has 1 atom stereocenters. The van der Waals surface area contributed by atoms with Gasteiger partial charge in [-0.15, -0.1) is 0 Å². The first kappa shape index (κ1) is 18.6. The van der Waals surface area contributed by atoms with Crippen molar-refractivity contribution >= 4 is 28.4 Å². The van der Waals surface area contributed by atoms with Crippen LogP contribution in [-0.4, -0.2) is 32.1 Å². The molecular formula is C23H21N7O2. The number of carbonyl (C=O) groups is 1. The third-order valence-electron chi connectivity index (χ3n) is 6.35. The molecule has 0 spiro atoms. The maximum Gasteiger partial charge on any atom is 0.293 e. The molecule has 3 N–H and O–H groups in total. The predicted octanol–water partition coefficient (Wildman–Crippen LogP) is 2.50. The Bertz CT molecular complexity index is 1430. The smallest absolute Gasteiger partial charge is 0.293 e. The molecule has 1 fully saturated rings. The molecule has 1 amide bonds. The number of anilines is 2. The van der Waals surface area contributed by atoms with E-state index in [-0.39, 0.29) is 11.5 Å². The molecule has 1 saturated heterocycles. The van der Waals surface area contributed by atoms with Gasteiger partial charge in [0.2, 0.25) is 0 Å². The highest BCUT2D eigenvalue weighted by molar-refractivity contribution is 5.96. The predicted molar refractivity (Wildman–Crippen MR) is 121 cm³/mol. The van der Waals surface area contributed by atoms with Gasteiger partial charge in [0.05, 0.1) is 5.39 Å². The summed E-state index contributed by atoms with van der Waals surface area (Å²) in [7, 11) is 0. The number of amides is 1. The zero-order valence-corrected chi connectivity index (χ0v) is 17.4. The van der Waals surface area contributed by atoms with Gasteiger partial charge in [0.15, 0.2) is 5.66 Å². The van der Waals surface area contributed by atoms with E-state index < -0.39 is 5.66 Å². The van der Waals surface area contributed by atoms with E-state index in [1.807, 2.05) is 48.3 Å². The van der Waals surface area contributed by atoms with Gasteiger partial charge in [0.1, 0.15) is 29.2 Å². The highest BCUT2D eigenvalue weighted by atomic mass is 16.2. The highest BCUT2D eigenvalue weighted by Gasteiger charge is 2.49. The van der Waals surface area contributed by atoms with Crippen molar-refractivity contribution in [2.24, 2.45) is 0 Å². The Morgan fingerprint density at radius 1 is 1.12 bits per heavy atom. The number of carbonyl (C=O) groups excluding carboxylic acids is 1. The van der Waals surface area contributed by atoms with Crippen LogP contribution in [0, 0.1) is 6.92 Å². The van der Waals surface area contributed by atoms with Crippen LogP contribution in [0.25, 0.3) is 11.0 Å². The van der Waals surface area contributed by atoms with Crippen LogP contribution in [0.15, 0.2) is 59.8 Å². The molecule has 9 nitrogen and oxygen atoms in total. The summed E-state index contributed by atoms with van der Waals surface area (Å²) in [6, 6.07) is 13.4. The largest absolute Gasteiger partial charge is 0.346 e. The first-order valence-electron chi connectivity index (χ1n) is 10.6. The van der Waals surface area contributed by atoms with Gasteiger partial charge in [-0.05, 0) is 43.0 Å². The molecule has 1 unspecified atom stereocenters. The van der Waals surface area contributed by atoms with Gasteiger partial charge in [0, 0.05) is 12.7 Å². The van der Waals surface area contributed by atoms with Crippen LogP contribution in [-0.2, 0) is 5.66 Å². The van der Waals surface area contributed by atoms with Crippen LogP contribution >= 0.6 is 0 Å². The normalized spacial score (nSPS) is 19.5. The quantitative estimate of drug-likeness (QED) is 0.464. The molecule has 0 aliphatic carbocycles. The van der Waals surface area contributed by atoms with E-state index in [9.17, 15) is 9.59 Å². The fourth-order valence-corrected chi connectivity index (χ4v) is 4.95. The first-order chi connectivity index (χ1) is 15.6. The zero-order valence-electron chi connectivity index (χ0n) is 17.4. The number of hydrogen-bond donors (Lipinski definition) is 3. The summed E-state index contributed by atoms with van der Waals surface area (Å²) in [4.78, 5) is 38.5. The number of rotatable bonds is 3. The summed E-state index contributed by atoms with van der Waals surface area (Å²) in [5, 5.41) is 9.15. The van der Waals surface area contributed by atoms with Crippen molar-refractivity contribution in [3.8, 4) is 0 Å². The Morgan fingerprint density at radius 3 is 2.81 bits per heavy atom. The fraction of sp³-hybridized carbons (Fsp3) is 0.217. The standard InChI is InChI=1S/C23H21N7O2/c1-14-12-17(27-20-16-8-10-24-19(16)25-13-26-20)22(32)30-18(14)21(31)28-23(9-5-11-29(23)30)15-6-3-2-4-7-15/h2-4,6-8,10,12-13H,5,9,11H2,1H3,(H,28,31)(H2,24,25,26,27). The molecule has 3 aromatic heterocycles. The van der Waals surface area contributed by atoms with Crippen molar-refractivity contribution in [1.29, 1.82) is 0 Å². The molecule has 0 bridgehead atoms. The topological polar surface area (TPSA) is 108 Å². The van der Waals surface area contributed by atoms with Crippen molar-refractivity contribution in [2.75, 3.05) is 16.9 Å². The molecule has 9 heteroatoms. The second kappa shape index (κ2) is 6.68.